The van der Waals surface area contributed by atoms with Crippen molar-refractivity contribution in [2.24, 2.45) is 4.99 Å². The molecule has 4 nitrogen and oxygen atoms in total. The summed E-state index contributed by atoms with van der Waals surface area (Å²) in [7, 11) is 0. The lowest BCUT2D eigenvalue weighted by atomic mass is 10.1. The summed E-state index contributed by atoms with van der Waals surface area (Å²) in [5, 5.41) is -0.0349. The molecule has 0 radical (unpaired) electrons. The zero-order valence-corrected chi connectivity index (χ0v) is 15.7. The Labute approximate surface area is 146 Å². The van der Waals surface area contributed by atoms with Crippen LogP contribution < -0.4 is 9.47 Å². The van der Waals surface area contributed by atoms with E-state index in [-0.39, 0.29) is 5.12 Å². The fraction of sp³-hybridized carbons (Fsp3) is 0.333. The number of benzene rings is 1. The van der Waals surface area contributed by atoms with Crippen LogP contribution in [0.3, 0.4) is 0 Å². The molecule has 0 unspecified atom stereocenters. The van der Waals surface area contributed by atoms with E-state index in [4.69, 9.17) is 9.47 Å². The molecule has 0 aliphatic carbocycles. The van der Waals surface area contributed by atoms with E-state index in [1.165, 1.54) is 11.8 Å². The van der Waals surface area contributed by atoms with Crippen molar-refractivity contribution in [2.75, 3.05) is 19.5 Å². The molecule has 0 spiro atoms. The second-order valence-corrected chi connectivity index (χ2v) is 7.07. The van der Waals surface area contributed by atoms with E-state index in [1.54, 1.807) is 6.08 Å². The van der Waals surface area contributed by atoms with Crippen LogP contribution in [0.1, 0.15) is 19.4 Å². The molecule has 2 rings (SSSR count). The van der Waals surface area contributed by atoms with Crippen LogP contribution in [-0.4, -0.2) is 29.0 Å². The van der Waals surface area contributed by atoms with Gasteiger partial charge in [-0.1, -0.05) is 0 Å². The highest BCUT2D eigenvalue weighted by Gasteiger charge is 2.21. The molecule has 0 saturated carbocycles. The minimum absolute atomic E-state index is 0.0349. The van der Waals surface area contributed by atoms with Gasteiger partial charge in [0.05, 0.1) is 17.7 Å². The zero-order chi connectivity index (χ0) is 16.1. The number of ether oxygens (including phenoxy) is 2. The van der Waals surface area contributed by atoms with Crippen molar-refractivity contribution in [1.29, 1.82) is 0 Å². The molecule has 0 aromatic heterocycles. The Bertz CT molecular complexity index is 644. The third-order valence-corrected chi connectivity index (χ3v) is 5.14. The number of hydrogen-bond donors (Lipinski definition) is 0. The minimum Gasteiger partial charge on any atom is -0.490 e. The number of carbonyl (C=O) groups is 1. The van der Waals surface area contributed by atoms with Gasteiger partial charge >= 0.3 is 0 Å². The molecule has 0 amide bonds. The van der Waals surface area contributed by atoms with Crippen molar-refractivity contribution < 1.29 is 14.3 Å². The van der Waals surface area contributed by atoms with Crippen LogP contribution in [0, 0.1) is 0 Å². The molecular formula is C15H16BrNO3S2. The van der Waals surface area contributed by atoms with Gasteiger partial charge in [-0.2, -0.15) is 0 Å². The summed E-state index contributed by atoms with van der Waals surface area (Å²) in [6.07, 6.45) is 3.67. The number of rotatable bonds is 5. The van der Waals surface area contributed by atoms with Gasteiger partial charge in [-0.3, -0.25) is 4.79 Å². The molecular weight excluding hydrogens is 386 g/mol. The van der Waals surface area contributed by atoms with Crippen LogP contribution in [0.4, 0.5) is 0 Å². The molecule has 0 atom stereocenters. The van der Waals surface area contributed by atoms with Crippen molar-refractivity contribution in [2.45, 2.75) is 13.8 Å². The Hall–Kier alpha value is -0.920. The van der Waals surface area contributed by atoms with E-state index in [2.05, 4.69) is 20.9 Å². The summed E-state index contributed by atoms with van der Waals surface area (Å²) in [4.78, 5) is 16.2. The first kappa shape index (κ1) is 17.4. The van der Waals surface area contributed by atoms with E-state index in [9.17, 15) is 4.79 Å². The summed E-state index contributed by atoms with van der Waals surface area (Å²) >= 11 is 6.13. The normalized spacial score (nSPS) is 16.1. The number of hydrogen-bond acceptors (Lipinski definition) is 6. The molecule has 118 valence electrons. The monoisotopic (exact) mass is 401 g/mol. The fourth-order valence-electron chi connectivity index (χ4n) is 1.85. The fourth-order valence-corrected chi connectivity index (χ4v) is 3.69. The van der Waals surface area contributed by atoms with E-state index < -0.39 is 0 Å². The largest absolute Gasteiger partial charge is 0.490 e. The number of thioether (sulfide) groups is 2. The van der Waals surface area contributed by atoms with Crippen molar-refractivity contribution in [1.82, 2.24) is 0 Å². The quantitative estimate of drug-likeness (QED) is 0.675. The molecule has 0 bridgehead atoms. The van der Waals surface area contributed by atoms with Crippen LogP contribution in [0.25, 0.3) is 6.08 Å². The Morgan fingerprint density at radius 1 is 1.32 bits per heavy atom. The summed E-state index contributed by atoms with van der Waals surface area (Å²) in [5.74, 6) is 1.32. The van der Waals surface area contributed by atoms with Gasteiger partial charge < -0.3 is 9.47 Å². The summed E-state index contributed by atoms with van der Waals surface area (Å²) in [6.45, 7) is 4.93. The highest BCUT2D eigenvalue weighted by molar-refractivity contribution is 9.10. The summed E-state index contributed by atoms with van der Waals surface area (Å²) in [5.41, 5.74) is 1.29. The topological polar surface area (TPSA) is 47.9 Å². The molecule has 1 aliphatic heterocycles. The maximum absolute atomic E-state index is 11.9. The number of carbonyl (C=O) groups excluding carboxylic acids is 1. The van der Waals surface area contributed by atoms with Gasteiger partial charge in [0.25, 0.3) is 0 Å². The molecule has 1 aromatic rings. The Balaban J connectivity index is 2.40. The van der Waals surface area contributed by atoms with Gasteiger partial charge in [0.2, 0.25) is 5.12 Å². The van der Waals surface area contributed by atoms with Gasteiger partial charge in [-0.25, -0.2) is 4.99 Å². The Kier molecular flexibility index (Phi) is 6.40. The average molecular weight is 402 g/mol. The van der Waals surface area contributed by atoms with E-state index >= 15 is 0 Å². The zero-order valence-electron chi connectivity index (χ0n) is 12.5. The molecule has 22 heavy (non-hydrogen) atoms. The predicted molar refractivity (Wildman–Crippen MR) is 98.0 cm³/mol. The number of halogens is 1. The van der Waals surface area contributed by atoms with Crippen molar-refractivity contribution in [3.8, 4) is 11.5 Å². The van der Waals surface area contributed by atoms with Gasteiger partial charge in [0, 0.05) is 0 Å². The maximum Gasteiger partial charge on any atom is 0.244 e. The van der Waals surface area contributed by atoms with E-state index in [0.29, 0.717) is 30.4 Å². The first-order valence-corrected chi connectivity index (χ1v) is 9.58. The second-order valence-electron chi connectivity index (χ2n) is 4.20. The third kappa shape index (κ3) is 4.08. The molecule has 0 fully saturated rings. The number of aliphatic imine (C=N–C) groups is 1. The van der Waals surface area contributed by atoms with Gasteiger partial charge in [-0.05, 0) is 71.6 Å². The van der Waals surface area contributed by atoms with Gasteiger partial charge in [0.15, 0.2) is 11.5 Å². The van der Waals surface area contributed by atoms with Crippen molar-refractivity contribution in [3.63, 3.8) is 0 Å². The highest BCUT2D eigenvalue weighted by Crippen LogP contribution is 2.38. The summed E-state index contributed by atoms with van der Waals surface area (Å²) in [6, 6.07) is 3.75. The molecule has 1 heterocycles. The lowest BCUT2D eigenvalue weighted by Crippen LogP contribution is -2.00. The first-order valence-electron chi connectivity index (χ1n) is 6.74. The van der Waals surface area contributed by atoms with Crippen LogP contribution in [0.2, 0.25) is 0 Å². The second kappa shape index (κ2) is 8.08. The van der Waals surface area contributed by atoms with Crippen molar-refractivity contribution in [3.05, 3.63) is 27.9 Å². The SMILES string of the molecule is CCOc1cc(/C=C2/N=C(SC)SC2=O)cc(Br)c1OCC. The first-order chi connectivity index (χ1) is 10.6. The van der Waals surface area contributed by atoms with Gasteiger partial charge in [0.1, 0.15) is 10.1 Å². The van der Waals surface area contributed by atoms with E-state index in [1.807, 2.05) is 32.2 Å². The third-order valence-electron chi connectivity index (χ3n) is 2.70. The van der Waals surface area contributed by atoms with Crippen molar-refractivity contribution >= 4 is 55.0 Å². The predicted octanol–water partition coefficient (Wildman–Crippen LogP) is 4.58. The summed E-state index contributed by atoms with van der Waals surface area (Å²) < 4.78 is 12.8. The lowest BCUT2D eigenvalue weighted by Gasteiger charge is -2.13. The van der Waals surface area contributed by atoms with Crippen LogP contribution in [-0.2, 0) is 4.79 Å². The van der Waals surface area contributed by atoms with Gasteiger partial charge in [-0.15, -0.1) is 11.8 Å². The maximum atomic E-state index is 11.9. The number of nitrogens with zero attached hydrogens (tertiary/aromatic N) is 1. The molecule has 1 aromatic carbocycles. The standard InChI is InChI=1S/C15H16BrNO3S2/c1-4-19-12-8-9(6-10(16)13(12)20-5-2)7-11-14(18)22-15(17-11)21-3/h6-8H,4-5H2,1-3H3/b11-7+. The molecule has 1 aliphatic rings. The molecule has 0 saturated heterocycles. The highest BCUT2D eigenvalue weighted by atomic mass is 79.9. The average Bonchev–Trinajstić information content (AvgIpc) is 2.83. The lowest BCUT2D eigenvalue weighted by molar-refractivity contribution is -0.107. The Morgan fingerprint density at radius 3 is 2.64 bits per heavy atom. The molecule has 7 heteroatoms. The van der Waals surface area contributed by atoms with Crippen LogP contribution in [0.15, 0.2) is 27.3 Å². The van der Waals surface area contributed by atoms with Crippen LogP contribution in [0.5, 0.6) is 11.5 Å². The molecule has 0 N–H and O–H groups in total. The minimum atomic E-state index is -0.0349. The Morgan fingerprint density at radius 2 is 2.05 bits per heavy atom. The smallest absolute Gasteiger partial charge is 0.244 e. The van der Waals surface area contributed by atoms with E-state index in [0.717, 1.165) is 26.2 Å². The van der Waals surface area contributed by atoms with Crippen LogP contribution >= 0.6 is 39.5 Å².